The van der Waals surface area contributed by atoms with E-state index < -0.39 is 0 Å². The van der Waals surface area contributed by atoms with Gasteiger partial charge in [0, 0.05) is 30.7 Å². The van der Waals surface area contributed by atoms with E-state index in [1.165, 1.54) is 7.11 Å². The lowest BCUT2D eigenvalue weighted by Gasteiger charge is -2.14. The Morgan fingerprint density at radius 2 is 2.18 bits per heavy atom. The summed E-state index contributed by atoms with van der Waals surface area (Å²) in [5, 5.41) is 22.3. The first-order valence-electron chi connectivity index (χ1n) is 5.87. The van der Waals surface area contributed by atoms with Crippen LogP contribution in [-0.4, -0.2) is 30.5 Å². The van der Waals surface area contributed by atoms with Gasteiger partial charge < -0.3 is 20.3 Å². The van der Waals surface area contributed by atoms with E-state index in [2.05, 4.69) is 5.32 Å². The minimum Gasteiger partial charge on any atom is -0.504 e. The third-order valence-corrected chi connectivity index (χ3v) is 3.41. The van der Waals surface area contributed by atoms with Crippen molar-refractivity contribution >= 4 is 0 Å². The van der Waals surface area contributed by atoms with Gasteiger partial charge in [-0.05, 0) is 18.9 Å². The molecule has 0 aliphatic heterocycles. The van der Waals surface area contributed by atoms with Crippen molar-refractivity contribution in [3.8, 4) is 11.5 Å². The van der Waals surface area contributed by atoms with Crippen LogP contribution in [0.4, 0.5) is 0 Å². The van der Waals surface area contributed by atoms with E-state index in [1.54, 1.807) is 6.07 Å². The molecule has 1 saturated carbocycles. The molecule has 0 aromatic heterocycles. The van der Waals surface area contributed by atoms with Crippen LogP contribution < -0.4 is 10.1 Å². The van der Waals surface area contributed by atoms with E-state index in [0.29, 0.717) is 12.3 Å². The number of hydrogen-bond acceptors (Lipinski definition) is 4. The summed E-state index contributed by atoms with van der Waals surface area (Å²) in [6.45, 7) is 1.62. The van der Waals surface area contributed by atoms with Gasteiger partial charge in [-0.25, -0.2) is 0 Å². The number of aliphatic hydroxyl groups is 1. The molecule has 94 valence electrons. The molecule has 4 nitrogen and oxygen atoms in total. The van der Waals surface area contributed by atoms with Crippen LogP contribution in [-0.2, 0) is 6.54 Å². The molecule has 0 saturated heterocycles. The van der Waals surface area contributed by atoms with Crippen molar-refractivity contribution in [2.75, 3.05) is 20.3 Å². The lowest BCUT2D eigenvalue weighted by molar-refractivity contribution is 0.207. The number of phenolic OH excluding ortho intramolecular Hbond substituents is 1. The minimum atomic E-state index is 0.0918. The van der Waals surface area contributed by atoms with Gasteiger partial charge in [-0.2, -0.15) is 0 Å². The molecule has 4 heteroatoms. The Morgan fingerprint density at radius 1 is 1.41 bits per heavy atom. The van der Waals surface area contributed by atoms with Crippen LogP contribution in [0, 0.1) is 5.41 Å². The summed E-state index contributed by atoms with van der Waals surface area (Å²) < 4.78 is 5.05. The molecule has 3 N–H and O–H groups in total. The molecule has 17 heavy (non-hydrogen) atoms. The molecule has 1 fully saturated rings. The van der Waals surface area contributed by atoms with E-state index >= 15 is 0 Å². The minimum absolute atomic E-state index is 0.0918. The van der Waals surface area contributed by atoms with E-state index in [-0.39, 0.29) is 17.8 Å². The van der Waals surface area contributed by atoms with Gasteiger partial charge in [-0.15, -0.1) is 0 Å². The van der Waals surface area contributed by atoms with Gasteiger partial charge >= 0.3 is 0 Å². The number of benzene rings is 1. The molecular formula is C13H19NO3. The maximum atomic E-state index is 9.88. The molecule has 0 heterocycles. The van der Waals surface area contributed by atoms with E-state index in [4.69, 9.17) is 4.74 Å². The molecule has 0 bridgehead atoms. The Hall–Kier alpha value is -1.26. The molecule has 0 radical (unpaired) electrons. The summed E-state index contributed by atoms with van der Waals surface area (Å²) >= 11 is 0. The number of ether oxygens (including phenoxy) is 1. The van der Waals surface area contributed by atoms with Crippen LogP contribution in [0.5, 0.6) is 11.5 Å². The molecule has 0 unspecified atom stereocenters. The molecule has 0 atom stereocenters. The van der Waals surface area contributed by atoms with Crippen LogP contribution >= 0.6 is 0 Å². The molecule has 0 spiro atoms. The Balaban J connectivity index is 1.90. The summed E-state index contributed by atoms with van der Waals surface area (Å²) in [7, 11) is 1.54. The number of para-hydroxylation sites is 1. The lowest BCUT2D eigenvalue weighted by Crippen LogP contribution is -2.26. The average molecular weight is 237 g/mol. The third-order valence-electron chi connectivity index (χ3n) is 3.41. The highest BCUT2D eigenvalue weighted by molar-refractivity contribution is 5.45. The summed E-state index contributed by atoms with van der Waals surface area (Å²) in [4.78, 5) is 0. The Kier molecular flexibility index (Phi) is 3.54. The first-order chi connectivity index (χ1) is 8.21. The maximum Gasteiger partial charge on any atom is 0.162 e. The zero-order valence-corrected chi connectivity index (χ0v) is 10.1. The first-order valence-corrected chi connectivity index (χ1v) is 5.87. The molecule has 2 rings (SSSR count). The van der Waals surface area contributed by atoms with Crippen molar-refractivity contribution in [1.29, 1.82) is 0 Å². The van der Waals surface area contributed by atoms with Gasteiger partial charge in [0.05, 0.1) is 7.11 Å². The third kappa shape index (κ3) is 2.70. The van der Waals surface area contributed by atoms with E-state index in [1.807, 2.05) is 12.1 Å². The topological polar surface area (TPSA) is 61.7 Å². The smallest absolute Gasteiger partial charge is 0.162 e. The Bertz CT molecular complexity index is 388. The first kappa shape index (κ1) is 12.2. The van der Waals surface area contributed by atoms with Gasteiger partial charge in [-0.1, -0.05) is 12.1 Å². The maximum absolute atomic E-state index is 9.88. The van der Waals surface area contributed by atoms with E-state index in [0.717, 1.165) is 24.9 Å². The number of hydrogen-bond donors (Lipinski definition) is 3. The number of rotatable bonds is 6. The Labute approximate surface area is 101 Å². The molecular weight excluding hydrogens is 218 g/mol. The number of nitrogens with one attached hydrogen (secondary N) is 1. The van der Waals surface area contributed by atoms with Gasteiger partial charge in [-0.3, -0.25) is 0 Å². The monoisotopic (exact) mass is 237 g/mol. The van der Waals surface area contributed by atoms with Gasteiger partial charge in [0.2, 0.25) is 0 Å². The van der Waals surface area contributed by atoms with Crippen LogP contribution in [0.15, 0.2) is 18.2 Å². The lowest BCUT2D eigenvalue weighted by atomic mass is 10.1. The highest BCUT2D eigenvalue weighted by Crippen LogP contribution is 2.44. The quantitative estimate of drug-likeness (QED) is 0.697. The molecule has 1 aromatic carbocycles. The normalized spacial score (nSPS) is 16.8. The zero-order valence-electron chi connectivity index (χ0n) is 10.1. The fourth-order valence-corrected chi connectivity index (χ4v) is 1.91. The number of aliphatic hydroxyl groups excluding tert-OH is 1. The highest BCUT2D eigenvalue weighted by atomic mass is 16.5. The number of aromatic hydroxyl groups is 1. The standard InChI is InChI=1S/C13H19NO3/c1-17-11-4-2-3-10(12(11)16)7-14-8-13(9-15)5-6-13/h2-4,14-16H,5-9H2,1H3. The van der Waals surface area contributed by atoms with Crippen LogP contribution in [0.25, 0.3) is 0 Å². The molecule has 1 aliphatic carbocycles. The largest absolute Gasteiger partial charge is 0.504 e. The fourth-order valence-electron chi connectivity index (χ4n) is 1.91. The molecule has 1 aliphatic rings. The van der Waals surface area contributed by atoms with Crippen molar-refractivity contribution in [3.63, 3.8) is 0 Å². The second-order valence-electron chi connectivity index (χ2n) is 4.73. The summed E-state index contributed by atoms with van der Waals surface area (Å²) in [6.07, 6.45) is 2.17. The van der Waals surface area contributed by atoms with Crippen LogP contribution in [0.3, 0.4) is 0 Å². The van der Waals surface area contributed by atoms with E-state index in [9.17, 15) is 10.2 Å². The Morgan fingerprint density at radius 3 is 2.76 bits per heavy atom. The summed E-state index contributed by atoms with van der Waals surface area (Å²) in [5.74, 6) is 0.684. The number of phenols is 1. The van der Waals surface area contributed by atoms with Gasteiger partial charge in [0.25, 0.3) is 0 Å². The fraction of sp³-hybridized carbons (Fsp3) is 0.538. The van der Waals surface area contributed by atoms with Gasteiger partial charge in [0.1, 0.15) is 0 Å². The predicted octanol–water partition coefficient (Wildman–Crippen LogP) is 1.26. The van der Waals surface area contributed by atoms with Crippen molar-refractivity contribution in [2.45, 2.75) is 19.4 Å². The van der Waals surface area contributed by atoms with Crippen molar-refractivity contribution in [2.24, 2.45) is 5.41 Å². The zero-order chi connectivity index (χ0) is 12.3. The van der Waals surface area contributed by atoms with Crippen molar-refractivity contribution in [3.05, 3.63) is 23.8 Å². The van der Waals surface area contributed by atoms with Crippen molar-refractivity contribution in [1.82, 2.24) is 5.32 Å². The molecule has 1 aromatic rings. The number of methoxy groups -OCH3 is 1. The SMILES string of the molecule is COc1cccc(CNCC2(CO)CC2)c1O. The average Bonchev–Trinajstić information content (AvgIpc) is 3.12. The second-order valence-corrected chi connectivity index (χ2v) is 4.73. The molecule has 0 amide bonds. The van der Waals surface area contributed by atoms with Crippen LogP contribution in [0.2, 0.25) is 0 Å². The summed E-state index contributed by atoms with van der Waals surface area (Å²) in [5.41, 5.74) is 0.909. The summed E-state index contributed by atoms with van der Waals surface area (Å²) in [6, 6.07) is 5.45. The van der Waals surface area contributed by atoms with Crippen molar-refractivity contribution < 1.29 is 14.9 Å². The second kappa shape index (κ2) is 4.94. The predicted molar refractivity (Wildman–Crippen MR) is 65.1 cm³/mol. The highest BCUT2D eigenvalue weighted by Gasteiger charge is 2.41. The van der Waals surface area contributed by atoms with Crippen LogP contribution in [0.1, 0.15) is 18.4 Å². The van der Waals surface area contributed by atoms with Gasteiger partial charge in [0.15, 0.2) is 11.5 Å².